The number of hydrogen-bond acceptors (Lipinski definition) is 2. The van der Waals surface area contributed by atoms with Crippen LogP contribution >= 0.6 is 0 Å². The van der Waals surface area contributed by atoms with Crippen molar-refractivity contribution in [3.05, 3.63) is 95.1 Å². The Kier molecular flexibility index (Phi) is 5.67. The van der Waals surface area contributed by atoms with Gasteiger partial charge < -0.3 is 9.84 Å². The van der Waals surface area contributed by atoms with Gasteiger partial charge in [0.1, 0.15) is 5.75 Å². The molecule has 0 saturated heterocycles. The van der Waals surface area contributed by atoms with Crippen LogP contribution in [0.2, 0.25) is 0 Å². The van der Waals surface area contributed by atoms with Crippen molar-refractivity contribution in [2.45, 2.75) is 32.6 Å². The number of aliphatic hydroxyl groups excluding tert-OH is 1. The summed E-state index contributed by atoms with van der Waals surface area (Å²) in [6.45, 7) is 11.3. The summed E-state index contributed by atoms with van der Waals surface area (Å²) in [5, 5.41) is 8.93. The fourth-order valence-electron chi connectivity index (χ4n) is 4.29. The van der Waals surface area contributed by atoms with E-state index >= 15 is 0 Å². The van der Waals surface area contributed by atoms with E-state index in [4.69, 9.17) is 9.84 Å². The molecule has 27 heavy (non-hydrogen) atoms. The molecule has 0 radical (unpaired) electrons. The highest BCUT2D eigenvalue weighted by molar-refractivity contribution is 5.89. The van der Waals surface area contributed by atoms with Crippen molar-refractivity contribution in [2.24, 2.45) is 0 Å². The third-order valence-corrected chi connectivity index (χ3v) is 5.67. The maximum atomic E-state index is 8.93. The maximum absolute atomic E-state index is 8.93. The van der Waals surface area contributed by atoms with Crippen molar-refractivity contribution in [1.29, 1.82) is 0 Å². The fraction of sp³-hybridized carbons (Fsp3) is 0.280. The van der Waals surface area contributed by atoms with E-state index < -0.39 is 0 Å². The summed E-state index contributed by atoms with van der Waals surface area (Å²) in [6, 6.07) is 17.0. The molecule has 1 aliphatic carbocycles. The molecule has 140 valence electrons. The molecule has 2 heteroatoms. The second-order valence-corrected chi connectivity index (χ2v) is 6.96. The standard InChI is InChI=1S/C25H28O2/c1-5-18(3)25(20-12-14-21(15-13-20)27-17-9-16-26)19(4)22(6-2)23-10-7-8-11-24(23)25/h5-8,10-15,26H,2,9,16-17H2,1,3-4H3. The van der Waals surface area contributed by atoms with Crippen LogP contribution in [0.5, 0.6) is 5.75 Å². The highest BCUT2D eigenvalue weighted by Crippen LogP contribution is 2.54. The first kappa shape index (κ1) is 19.2. The van der Waals surface area contributed by atoms with E-state index in [0.717, 1.165) is 5.75 Å². The summed E-state index contributed by atoms with van der Waals surface area (Å²) in [5.41, 5.74) is 7.35. The second-order valence-electron chi connectivity index (χ2n) is 6.96. The Balaban J connectivity index is 2.16. The number of fused-ring (bicyclic) bond motifs is 1. The Hall–Kier alpha value is -2.58. The molecule has 0 fully saturated rings. The van der Waals surface area contributed by atoms with Gasteiger partial charge in [0.05, 0.1) is 12.0 Å². The molecule has 2 aromatic rings. The lowest BCUT2D eigenvalue weighted by atomic mass is 9.67. The minimum atomic E-state index is -0.279. The van der Waals surface area contributed by atoms with Gasteiger partial charge in [-0.3, -0.25) is 0 Å². The zero-order valence-corrected chi connectivity index (χ0v) is 16.5. The number of allylic oxidation sites excluding steroid dienone is 5. The number of benzene rings is 2. The highest BCUT2D eigenvalue weighted by atomic mass is 16.5. The van der Waals surface area contributed by atoms with Crippen LogP contribution in [-0.2, 0) is 5.41 Å². The van der Waals surface area contributed by atoms with Gasteiger partial charge in [0, 0.05) is 13.0 Å². The average Bonchev–Trinajstić information content (AvgIpc) is 2.96. The van der Waals surface area contributed by atoms with Gasteiger partial charge in [0.2, 0.25) is 0 Å². The van der Waals surface area contributed by atoms with E-state index in [1.807, 2.05) is 18.2 Å². The summed E-state index contributed by atoms with van der Waals surface area (Å²) in [5.74, 6) is 0.831. The molecule has 2 nitrogen and oxygen atoms in total. The summed E-state index contributed by atoms with van der Waals surface area (Å²) >= 11 is 0. The molecule has 1 aliphatic rings. The van der Waals surface area contributed by atoms with E-state index in [0.29, 0.717) is 13.0 Å². The number of ether oxygens (including phenoxy) is 1. The maximum Gasteiger partial charge on any atom is 0.119 e. The van der Waals surface area contributed by atoms with Crippen LogP contribution in [0.15, 0.2) is 78.4 Å². The summed E-state index contributed by atoms with van der Waals surface area (Å²) in [6.07, 6.45) is 4.82. The molecule has 0 heterocycles. The van der Waals surface area contributed by atoms with Crippen LogP contribution in [0.4, 0.5) is 0 Å². The van der Waals surface area contributed by atoms with Crippen molar-refractivity contribution >= 4 is 5.57 Å². The van der Waals surface area contributed by atoms with Crippen LogP contribution < -0.4 is 4.74 Å². The molecule has 1 atom stereocenters. The van der Waals surface area contributed by atoms with Crippen LogP contribution in [0, 0.1) is 0 Å². The molecular formula is C25H28O2. The normalized spacial score (nSPS) is 19.2. The van der Waals surface area contributed by atoms with Crippen LogP contribution in [0.25, 0.3) is 5.57 Å². The van der Waals surface area contributed by atoms with Crippen molar-refractivity contribution in [3.8, 4) is 5.75 Å². The lowest BCUT2D eigenvalue weighted by Crippen LogP contribution is -2.28. The predicted octanol–water partition coefficient (Wildman–Crippen LogP) is 5.67. The van der Waals surface area contributed by atoms with Gasteiger partial charge in [0.25, 0.3) is 0 Å². The molecule has 2 aromatic carbocycles. The average molecular weight is 360 g/mol. The largest absolute Gasteiger partial charge is 0.494 e. The molecule has 0 amide bonds. The molecule has 1 unspecified atom stereocenters. The summed E-state index contributed by atoms with van der Waals surface area (Å²) in [7, 11) is 0. The zero-order valence-electron chi connectivity index (χ0n) is 16.5. The van der Waals surface area contributed by atoms with Gasteiger partial charge >= 0.3 is 0 Å². The third-order valence-electron chi connectivity index (χ3n) is 5.67. The first-order valence-electron chi connectivity index (χ1n) is 9.52. The molecule has 3 rings (SSSR count). The van der Waals surface area contributed by atoms with E-state index in [1.54, 1.807) is 0 Å². The Morgan fingerprint density at radius 3 is 2.48 bits per heavy atom. The monoisotopic (exact) mass is 360 g/mol. The van der Waals surface area contributed by atoms with E-state index in [1.165, 1.54) is 33.4 Å². The molecular weight excluding hydrogens is 332 g/mol. The van der Waals surface area contributed by atoms with Gasteiger partial charge in [-0.05, 0) is 60.7 Å². The van der Waals surface area contributed by atoms with Crippen molar-refractivity contribution < 1.29 is 9.84 Å². The van der Waals surface area contributed by atoms with Crippen molar-refractivity contribution in [1.82, 2.24) is 0 Å². The quantitative estimate of drug-likeness (QED) is 0.509. The molecule has 1 N–H and O–H groups in total. The van der Waals surface area contributed by atoms with Crippen LogP contribution in [0.1, 0.15) is 43.9 Å². The summed E-state index contributed by atoms with van der Waals surface area (Å²) < 4.78 is 5.72. The smallest absolute Gasteiger partial charge is 0.119 e. The van der Waals surface area contributed by atoms with Gasteiger partial charge in [-0.2, -0.15) is 0 Å². The molecule has 0 spiro atoms. The van der Waals surface area contributed by atoms with Crippen LogP contribution in [0.3, 0.4) is 0 Å². The van der Waals surface area contributed by atoms with Crippen molar-refractivity contribution in [2.75, 3.05) is 13.2 Å². The molecule has 0 saturated carbocycles. The molecule has 0 aliphatic heterocycles. The van der Waals surface area contributed by atoms with Crippen molar-refractivity contribution in [3.63, 3.8) is 0 Å². The predicted molar refractivity (Wildman–Crippen MR) is 113 cm³/mol. The minimum absolute atomic E-state index is 0.146. The molecule has 0 bridgehead atoms. The number of aliphatic hydroxyl groups is 1. The summed E-state index contributed by atoms with van der Waals surface area (Å²) in [4.78, 5) is 0. The Morgan fingerprint density at radius 2 is 1.85 bits per heavy atom. The SMILES string of the molecule is C=CC1=C(C)C(C(C)=CC)(c2ccc(OCCCO)cc2)c2ccccc21. The van der Waals surface area contributed by atoms with Gasteiger partial charge in [-0.1, -0.05) is 60.7 Å². The van der Waals surface area contributed by atoms with Gasteiger partial charge in [0.15, 0.2) is 0 Å². The zero-order chi connectivity index (χ0) is 19.4. The Morgan fingerprint density at radius 1 is 1.15 bits per heavy atom. The fourth-order valence-corrected chi connectivity index (χ4v) is 4.29. The Labute approximate surface area is 162 Å². The topological polar surface area (TPSA) is 29.5 Å². The van der Waals surface area contributed by atoms with Gasteiger partial charge in [-0.25, -0.2) is 0 Å². The van der Waals surface area contributed by atoms with E-state index in [9.17, 15) is 0 Å². The Bertz CT molecular complexity index is 887. The highest BCUT2D eigenvalue weighted by Gasteiger charge is 2.44. The first-order chi connectivity index (χ1) is 13.1. The van der Waals surface area contributed by atoms with Gasteiger partial charge in [-0.15, -0.1) is 0 Å². The lowest BCUT2D eigenvalue weighted by molar-refractivity contribution is 0.233. The van der Waals surface area contributed by atoms with E-state index in [2.05, 4.69) is 69.8 Å². The lowest BCUT2D eigenvalue weighted by Gasteiger charge is -2.35. The molecule has 0 aromatic heterocycles. The third kappa shape index (κ3) is 3.04. The van der Waals surface area contributed by atoms with Crippen LogP contribution in [-0.4, -0.2) is 18.3 Å². The number of rotatable bonds is 7. The van der Waals surface area contributed by atoms with E-state index in [-0.39, 0.29) is 12.0 Å². The number of hydrogen-bond donors (Lipinski definition) is 1. The first-order valence-corrected chi connectivity index (χ1v) is 9.52. The minimum Gasteiger partial charge on any atom is -0.494 e. The second kappa shape index (κ2) is 7.98.